The number of carbonyl (C=O) groups excluding carboxylic acids is 2. The molecule has 16 heavy (non-hydrogen) atoms. The molecule has 1 aliphatic heterocycles. The van der Waals surface area contributed by atoms with E-state index in [0.717, 1.165) is 6.42 Å². The van der Waals surface area contributed by atoms with E-state index in [1.54, 1.807) is 0 Å². The van der Waals surface area contributed by atoms with Gasteiger partial charge in [0.2, 0.25) is 11.8 Å². The molecule has 2 aliphatic carbocycles. The average molecular weight is 242 g/mol. The Bertz CT molecular complexity index is 494. The number of allylic oxidation sites excluding steroid dienone is 2. The molecule has 1 saturated heterocycles. The van der Waals surface area contributed by atoms with Crippen LogP contribution in [-0.4, -0.2) is 24.5 Å². The molecule has 0 aromatic heterocycles. The lowest BCUT2D eigenvalue weighted by Gasteiger charge is -2.14. The molecule has 4 unspecified atom stereocenters. The first-order valence-corrected chi connectivity index (χ1v) is 6.50. The molecule has 0 spiro atoms. The van der Waals surface area contributed by atoms with Crippen molar-refractivity contribution < 1.29 is 18.0 Å². The fourth-order valence-corrected chi connectivity index (χ4v) is 3.87. The summed E-state index contributed by atoms with van der Waals surface area (Å²) >= 11 is 0. The predicted molar refractivity (Wildman–Crippen MR) is 52.7 cm³/mol. The Morgan fingerprint density at radius 1 is 1.12 bits per heavy atom. The van der Waals surface area contributed by atoms with Gasteiger partial charge in [-0.2, -0.15) is 12.7 Å². The van der Waals surface area contributed by atoms with E-state index in [4.69, 9.17) is 5.14 Å². The molecule has 1 heterocycles. The van der Waals surface area contributed by atoms with Crippen LogP contribution in [0.4, 0.5) is 0 Å². The monoisotopic (exact) mass is 242 g/mol. The van der Waals surface area contributed by atoms with Crippen molar-refractivity contribution in [2.24, 2.45) is 28.8 Å². The second-order valence-electron chi connectivity index (χ2n) is 4.49. The summed E-state index contributed by atoms with van der Waals surface area (Å²) in [7, 11) is -4.26. The highest BCUT2D eigenvalue weighted by Crippen LogP contribution is 2.52. The van der Waals surface area contributed by atoms with Gasteiger partial charge < -0.3 is 0 Å². The molecule has 86 valence electrons. The van der Waals surface area contributed by atoms with Gasteiger partial charge in [0.25, 0.3) is 0 Å². The minimum Gasteiger partial charge on any atom is -0.273 e. The number of nitrogens with two attached hydrogens (primary N) is 1. The van der Waals surface area contributed by atoms with Crippen LogP contribution in [0.2, 0.25) is 0 Å². The van der Waals surface area contributed by atoms with Crippen molar-refractivity contribution in [3.8, 4) is 0 Å². The third-order valence-corrected chi connectivity index (χ3v) is 4.55. The third-order valence-electron chi connectivity index (χ3n) is 3.68. The third kappa shape index (κ3) is 1.02. The van der Waals surface area contributed by atoms with Crippen LogP contribution in [0.25, 0.3) is 0 Å². The Morgan fingerprint density at radius 2 is 1.56 bits per heavy atom. The van der Waals surface area contributed by atoms with E-state index in [1.165, 1.54) is 0 Å². The zero-order valence-corrected chi connectivity index (χ0v) is 9.05. The summed E-state index contributed by atoms with van der Waals surface area (Å²) in [5.41, 5.74) is 0. The molecular weight excluding hydrogens is 232 g/mol. The number of hydrogen-bond acceptors (Lipinski definition) is 4. The fourth-order valence-electron chi connectivity index (χ4n) is 3.13. The predicted octanol–water partition coefficient (Wildman–Crippen LogP) is -1.00. The molecule has 0 radical (unpaired) electrons. The van der Waals surface area contributed by atoms with E-state index in [2.05, 4.69) is 0 Å². The molecular formula is C9H10N2O4S. The van der Waals surface area contributed by atoms with Gasteiger partial charge in [-0.1, -0.05) is 12.2 Å². The van der Waals surface area contributed by atoms with Crippen LogP contribution < -0.4 is 5.14 Å². The zero-order valence-electron chi connectivity index (χ0n) is 8.24. The average Bonchev–Trinajstić information content (AvgIpc) is 2.77. The molecule has 7 heteroatoms. The van der Waals surface area contributed by atoms with Crippen LogP contribution in [-0.2, 0) is 19.8 Å². The maximum absolute atomic E-state index is 11.8. The summed E-state index contributed by atoms with van der Waals surface area (Å²) in [6.45, 7) is 0. The Labute approximate surface area is 92.3 Å². The fraction of sp³-hybridized carbons (Fsp3) is 0.556. The standard InChI is InChI=1S/C9H10N2O4S/c10-16(14,15)11-8(12)6-4-1-2-5(3-4)7(6)9(11)13/h1-2,4-7H,3H2,(H2,10,14,15). The lowest BCUT2D eigenvalue weighted by molar-refractivity contribution is -0.134. The highest BCUT2D eigenvalue weighted by atomic mass is 32.2. The number of rotatable bonds is 1. The van der Waals surface area contributed by atoms with Gasteiger partial charge in [-0.05, 0) is 18.3 Å². The van der Waals surface area contributed by atoms with Crippen molar-refractivity contribution in [1.82, 2.24) is 4.31 Å². The molecule has 2 amide bonds. The number of nitrogens with zero attached hydrogens (tertiary/aromatic N) is 1. The summed E-state index contributed by atoms with van der Waals surface area (Å²) in [6.07, 6.45) is 4.55. The minimum atomic E-state index is -4.26. The van der Waals surface area contributed by atoms with E-state index >= 15 is 0 Å². The van der Waals surface area contributed by atoms with E-state index in [-0.39, 0.29) is 16.1 Å². The van der Waals surface area contributed by atoms with Crippen LogP contribution in [0.1, 0.15) is 6.42 Å². The van der Waals surface area contributed by atoms with Gasteiger partial charge >= 0.3 is 10.2 Å². The van der Waals surface area contributed by atoms with Crippen LogP contribution in [0.3, 0.4) is 0 Å². The first-order chi connectivity index (χ1) is 7.41. The van der Waals surface area contributed by atoms with Crippen molar-refractivity contribution in [3.63, 3.8) is 0 Å². The summed E-state index contributed by atoms with van der Waals surface area (Å²) in [5, 5.41) is 4.87. The van der Waals surface area contributed by atoms with Crippen molar-refractivity contribution in [2.75, 3.05) is 0 Å². The van der Waals surface area contributed by atoms with Gasteiger partial charge in [0.05, 0.1) is 11.8 Å². The van der Waals surface area contributed by atoms with Gasteiger partial charge in [-0.15, -0.1) is 0 Å². The lowest BCUT2D eigenvalue weighted by Crippen LogP contribution is -2.42. The maximum atomic E-state index is 11.8. The van der Waals surface area contributed by atoms with Gasteiger partial charge in [0.1, 0.15) is 0 Å². The molecule has 3 aliphatic rings. The first-order valence-electron chi connectivity index (χ1n) is 5.00. The molecule has 3 rings (SSSR count). The van der Waals surface area contributed by atoms with Crippen LogP contribution in [0.5, 0.6) is 0 Å². The molecule has 6 nitrogen and oxygen atoms in total. The zero-order chi connectivity index (χ0) is 11.7. The Kier molecular flexibility index (Phi) is 1.70. The molecule has 1 saturated carbocycles. The SMILES string of the molecule is NS(=O)(=O)N1C(=O)C2C3C=CC(C3)C2C1=O. The van der Waals surface area contributed by atoms with E-state index < -0.39 is 33.9 Å². The van der Waals surface area contributed by atoms with Crippen molar-refractivity contribution in [3.05, 3.63) is 12.2 Å². The Hall–Kier alpha value is -1.21. The normalized spacial score (nSPS) is 40.9. The Balaban J connectivity index is 2.08. The van der Waals surface area contributed by atoms with Crippen molar-refractivity contribution in [1.29, 1.82) is 0 Å². The number of amides is 2. The summed E-state index contributed by atoms with van der Waals surface area (Å²) in [6, 6.07) is 0. The van der Waals surface area contributed by atoms with Gasteiger partial charge in [0.15, 0.2) is 0 Å². The number of carbonyl (C=O) groups is 2. The second kappa shape index (κ2) is 2.72. The molecule has 4 atom stereocenters. The van der Waals surface area contributed by atoms with Crippen LogP contribution >= 0.6 is 0 Å². The smallest absolute Gasteiger partial charge is 0.273 e. The number of imide groups is 1. The van der Waals surface area contributed by atoms with Crippen molar-refractivity contribution >= 4 is 22.0 Å². The second-order valence-corrected chi connectivity index (χ2v) is 5.88. The van der Waals surface area contributed by atoms with E-state index in [1.807, 2.05) is 12.2 Å². The first kappa shape index (κ1) is 9.98. The van der Waals surface area contributed by atoms with Gasteiger partial charge in [-0.25, -0.2) is 5.14 Å². The minimum absolute atomic E-state index is 0.00167. The van der Waals surface area contributed by atoms with Gasteiger partial charge in [0, 0.05) is 0 Å². The maximum Gasteiger partial charge on any atom is 0.307 e. The highest BCUT2D eigenvalue weighted by Gasteiger charge is 2.61. The summed E-state index contributed by atoms with van der Waals surface area (Å²) < 4.78 is 22.6. The van der Waals surface area contributed by atoms with Crippen LogP contribution in [0, 0.1) is 23.7 Å². The summed E-state index contributed by atoms with van der Waals surface area (Å²) in [4.78, 5) is 23.7. The number of fused-ring (bicyclic) bond motifs is 5. The highest BCUT2D eigenvalue weighted by molar-refractivity contribution is 7.88. The summed E-state index contributed by atoms with van der Waals surface area (Å²) in [5.74, 6) is -2.35. The largest absolute Gasteiger partial charge is 0.307 e. The molecule has 2 bridgehead atoms. The Morgan fingerprint density at radius 3 is 1.94 bits per heavy atom. The molecule has 0 aromatic rings. The molecule has 0 aromatic carbocycles. The number of hydrogen-bond donors (Lipinski definition) is 1. The van der Waals surface area contributed by atoms with E-state index in [0.29, 0.717) is 0 Å². The quantitative estimate of drug-likeness (QED) is 0.471. The topological polar surface area (TPSA) is 97.5 Å². The molecule has 2 N–H and O–H groups in total. The van der Waals surface area contributed by atoms with Crippen molar-refractivity contribution in [2.45, 2.75) is 6.42 Å². The van der Waals surface area contributed by atoms with E-state index in [9.17, 15) is 18.0 Å². The van der Waals surface area contributed by atoms with Crippen LogP contribution in [0.15, 0.2) is 12.2 Å². The molecule has 2 fully saturated rings. The lowest BCUT2D eigenvalue weighted by atomic mass is 9.85. The van der Waals surface area contributed by atoms with Gasteiger partial charge in [-0.3, -0.25) is 9.59 Å².